The first kappa shape index (κ1) is 9.69. The van der Waals surface area contributed by atoms with Gasteiger partial charge in [0.05, 0.1) is 6.10 Å². The molecule has 2 rings (SSSR count). The van der Waals surface area contributed by atoms with Gasteiger partial charge in [0.15, 0.2) is 0 Å². The minimum Gasteiger partial charge on any atom is -0.389 e. The molecule has 2 nitrogen and oxygen atoms in total. The smallest absolute Gasteiger partial charge is 0.0765 e. The summed E-state index contributed by atoms with van der Waals surface area (Å²) in [5.41, 5.74) is 3.78. The second-order valence-corrected chi connectivity index (χ2v) is 3.94. The first-order valence-corrected chi connectivity index (χ1v) is 5.28. The molecular formula is C12H17NO. The molecule has 1 aromatic carbocycles. The molecule has 1 heterocycles. The number of hydrogen-bond donors (Lipinski definition) is 2. The summed E-state index contributed by atoms with van der Waals surface area (Å²) in [6, 6.07) is 6.25. The van der Waals surface area contributed by atoms with Crippen molar-refractivity contribution >= 4 is 0 Å². The Labute approximate surface area is 85.0 Å². The van der Waals surface area contributed by atoms with Crippen LogP contribution in [0.4, 0.5) is 0 Å². The van der Waals surface area contributed by atoms with Gasteiger partial charge in [0.25, 0.3) is 0 Å². The topological polar surface area (TPSA) is 32.3 Å². The first-order valence-electron chi connectivity index (χ1n) is 5.28. The number of nitrogens with one attached hydrogen (secondary N) is 1. The lowest BCUT2D eigenvalue weighted by Crippen LogP contribution is -2.14. The summed E-state index contributed by atoms with van der Waals surface area (Å²) in [5, 5.41) is 13.0. The zero-order chi connectivity index (χ0) is 9.97. The van der Waals surface area contributed by atoms with Crippen molar-refractivity contribution in [2.45, 2.75) is 32.4 Å². The van der Waals surface area contributed by atoms with Crippen LogP contribution < -0.4 is 5.32 Å². The highest BCUT2D eigenvalue weighted by Gasteiger charge is 2.13. The van der Waals surface area contributed by atoms with E-state index in [1.165, 1.54) is 17.5 Å². The van der Waals surface area contributed by atoms with E-state index < -0.39 is 0 Å². The Morgan fingerprint density at radius 1 is 1.43 bits per heavy atom. The Balaban J connectivity index is 2.42. The van der Waals surface area contributed by atoms with E-state index in [0.29, 0.717) is 0 Å². The third-order valence-corrected chi connectivity index (χ3v) is 2.86. The number of hydrogen-bond acceptors (Lipinski definition) is 2. The summed E-state index contributed by atoms with van der Waals surface area (Å²) >= 11 is 0. The van der Waals surface area contributed by atoms with Gasteiger partial charge in [0.1, 0.15) is 0 Å². The average Bonchev–Trinajstić information content (AvgIpc) is 2.41. The number of aryl methyl sites for hydroxylation is 1. The largest absolute Gasteiger partial charge is 0.389 e. The van der Waals surface area contributed by atoms with Crippen LogP contribution in [-0.2, 0) is 13.0 Å². The fourth-order valence-corrected chi connectivity index (χ4v) is 2.11. The van der Waals surface area contributed by atoms with E-state index >= 15 is 0 Å². The minimum absolute atomic E-state index is 0.357. The maximum Gasteiger partial charge on any atom is 0.0765 e. The molecule has 1 aliphatic heterocycles. The van der Waals surface area contributed by atoms with E-state index in [9.17, 15) is 5.11 Å². The molecule has 0 bridgehead atoms. The van der Waals surface area contributed by atoms with Gasteiger partial charge < -0.3 is 10.4 Å². The molecule has 0 fully saturated rings. The van der Waals surface area contributed by atoms with Crippen LogP contribution in [0.3, 0.4) is 0 Å². The zero-order valence-electron chi connectivity index (χ0n) is 8.59. The van der Waals surface area contributed by atoms with Crippen LogP contribution in [0.5, 0.6) is 0 Å². The summed E-state index contributed by atoms with van der Waals surface area (Å²) < 4.78 is 0. The normalized spacial score (nSPS) is 18.4. The van der Waals surface area contributed by atoms with E-state index in [0.717, 1.165) is 25.1 Å². The van der Waals surface area contributed by atoms with E-state index in [4.69, 9.17) is 0 Å². The zero-order valence-corrected chi connectivity index (χ0v) is 8.59. The number of rotatable bonds is 1. The van der Waals surface area contributed by atoms with Gasteiger partial charge in [0.2, 0.25) is 0 Å². The highest BCUT2D eigenvalue weighted by Crippen LogP contribution is 2.23. The third kappa shape index (κ3) is 1.81. The second-order valence-electron chi connectivity index (χ2n) is 3.94. The van der Waals surface area contributed by atoms with Crippen molar-refractivity contribution in [1.82, 2.24) is 5.32 Å². The first-order chi connectivity index (χ1) is 6.79. The number of aliphatic hydroxyl groups excluding tert-OH is 1. The molecule has 1 aromatic rings. The quantitative estimate of drug-likeness (QED) is 0.709. The molecule has 76 valence electrons. The van der Waals surface area contributed by atoms with Crippen LogP contribution >= 0.6 is 0 Å². The van der Waals surface area contributed by atoms with Crippen molar-refractivity contribution in [1.29, 1.82) is 0 Å². The van der Waals surface area contributed by atoms with Gasteiger partial charge in [-0.3, -0.25) is 0 Å². The molecule has 0 spiro atoms. The molecule has 1 unspecified atom stereocenters. The number of aliphatic hydroxyl groups is 1. The maximum absolute atomic E-state index is 9.64. The molecule has 1 atom stereocenters. The van der Waals surface area contributed by atoms with Crippen molar-refractivity contribution in [3.63, 3.8) is 0 Å². The maximum atomic E-state index is 9.64. The fraction of sp³-hybridized carbons (Fsp3) is 0.500. The molecule has 0 aliphatic carbocycles. The van der Waals surface area contributed by atoms with E-state index in [-0.39, 0.29) is 6.10 Å². The van der Waals surface area contributed by atoms with Crippen molar-refractivity contribution in [2.24, 2.45) is 0 Å². The van der Waals surface area contributed by atoms with Gasteiger partial charge in [-0.2, -0.15) is 0 Å². The lowest BCUT2D eigenvalue weighted by atomic mass is 9.96. The molecule has 0 radical (unpaired) electrons. The Hall–Kier alpha value is -0.860. The molecule has 2 N–H and O–H groups in total. The lowest BCUT2D eigenvalue weighted by Gasteiger charge is -2.14. The Bertz CT molecular complexity index is 320. The van der Waals surface area contributed by atoms with E-state index in [1.54, 1.807) is 0 Å². The molecule has 0 aromatic heterocycles. The standard InChI is InChI=1S/C12H17NO/c1-9(14)11-6-2-4-10-5-3-7-13-8-12(10)11/h2,4,6,9,13-14H,3,5,7-8H2,1H3. The predicted octanol–water partition coefficient (Wildman–Crippen LogP) is 1.78. The van der Waals surface area contributed by atoms with E-state index in [1.807, 2.05) is 19.1 Å². The van der Waals surface area contributed by atoms with Gasteiger partial charge in [-0.05, 0) is 43.0 Å². The van der Waals surface area contributed by atoms with E-state index in [2.05, 4.69) is 11.4 Å². The van der Waals surface area contributed by atoms with Crippen molar-refractivity contribution in [3.05, 3.63) is 34.9 Å². The van der Waals surface area contributed by atoms with Gasteiger partial charge >= 0.3 is 0 Å². The fourth-order valence-electron chi connectivity index (χ4n) is 2.11. The Morgan fingerprint density at radius 2 is 2.29 bits per heavy atom. The highest BCUT2D eigenvalue weighted by atomic mass is 16.3. The molecule has 2 heteroatoms. The minimum atomic E-state index is -0.357. The summed E-state index contributed by atoms with van der Waals surface area (Å²) in [5.74, 6) is 0. The molecule has 0 amide bonds. The predicted molar refractivity (Wildman–Crippen MR) is 57.1 cm³/mol. The van der Waals surface area contributed by atoms with Gasteiger partial charge in [-0.1, -0.05) is 18.2 Å². The monoisotopic (exact) mass is 191 g/mol. The van der Waals surface area contributed by atoms with Crippen LogP contribution in [0, 0.1) is 0 Å². The van der Waals surface area contributed by atoms with Gasteiger partial charge in [-0.15, -0.1) is 0 Å². The van der Waals surface area contributed by atoms with Gasteiger partial charge in [-0.25, -0.2) is 0 Å². The van der Waals surface area contributed by atoms with Crippen LogP contribution in [0.25, 0.3) is 0 Å². The average molecular weight is 191 g/mol. The molecular weight excluding hydrogens is 174 g/mol. The molecule has 0 saturated carbocycles. The number of benzene rings is 1. The van der Waals surface area contributed by atoms with Crippen LogP contribution in [0.15, 0.2) is 18.2 Å². The molecule has 1 aliphatic rings. The lowest BCUT2D eigenvalue weighted by molar-refractivity contribution is 0.198. The Kier molecular flexibility index (Phi) is 2.85. The summed E-state index contributed by atoms with van der Waals surface area (Å²) in [4.78, 5) is 0. The SMILES string of the molecule is CC(O)c1cccc2c1CNCCC2. The van der Waals surface area contributed by atoms with Crippen LogP contribution in [0.1, 0.15) is 36.1 Å². The van der Waals surface area contributed by atoms with Crippen molar-refractivity contribution in [2.75, 3.05) is 6.54 Å². The second kappa shape index (κ2) is 4.11. The van der Waals surface area contributed by atoms with Crippen molar-refractivity contribution in [3.8, 4) is 0 Å². The van der Waals surface area contributed by atoms with Crippen LogP contribution in [0.2, 0.25) is 0 Å². The summed E-state index contributed by atoms with van der Waals surface area (Å²) in [6.07, 6.45) is 1.96. The summed E-state index contributed by atoms with van der Waals surface area (Å²) in [7, 11) is 0. The van der Waals surface area contributed by atoms with Crippen molar-refractivity contribution < 1.29 is 5.11 Å². The Morgan fingerprint density at radius 3 is 3.07 bits per heavy atom. The van der Waals surface area contributed by atoms with Gasteiger partial charge in [0, 0.05) is 6.54 Å². The third-order valence-electron chi connectivity index (χ3n) is 2.86. The highest BCUT2D eigenvalue weighted by molar-refractivity contribution is 5.37. The summed E-state index contributed by atoms with van der Waals surface area (Å²) in [6.45, 7) is 3.81. The number of fused-ring (bicyclic) bond motifs is 1. The van der Waals surface area contributed by atoms with Crippen LogP contribution in [-0.4, -0.2) is 11.7 Å². The molecule has 0 saturated heterocycles. The molecule has 14 heavy (non-hydrogen) atoms.